The van der Waals surface area contributed by atoms with E-state index < -0.39 is 29.4 Å². The van der Waals surface area contributed by atoms with Gasteiger partial charge in [0.05, 0.1) is 13.2 Å². The van der Waals surface area contributed by atoms with Crippen LogP contribution in [0.2, 0.25) is 0 Å². The van der Waals surface area contributed by atoms with Gasteiger partial charge in [-0.2, -0.15) is 0 Å². The van der Waals surface area contributed by atoms with E-state index in [0.717, 1.165) is 0 Å². The molecule has 0 aromatic heterocycles. The summed E-state index contributed by atoms with van der Waals surface area (Å²) in [4.78, 5) is 38.8. The number of benzene rings is 1. The van der Waals surface area contributed by atoms with E-state index in [1.807, 2.05) is 0 Å². The Balaban J connectivity index is 2.37. The minimum absolute atomic E-state index is 0.0762. The molecule has 1 aromatic carbocycles. The molecule has 3 N–H and O–H groups in total. The van der Waals surface area contributed by atoms with Crippen molar-refractivity contribution in [2.75, 3.05) is 12.4 Å². The van der Waals surface area contributed by atoms with Gasteiger partial charge in [-0.05, 0) is 26.8 Å². The summed E-state index contributed by atoms with van der Waals surface area (Å²) in [5, 5.41) is 2.71. The van der Waals surface area contributed by atoms with Crippen LogP contribution in [0.1, 0.15) is 26.3 Å². The van der Waals surface area contributed by atoms with Crippen molar-refractivity contribution in [1.29, 1.82) is 0 Å². The Morgan fingerprint density at radius 2 is 1.85 bits per heavy atom. The second-order valence-corrected chi connectivity index (χ2v) is 6.47. The number of fused-ring (bicyclic) bond motifs is 2. The van der Waals surface area contributed by atoms with E-state index in [4.69, 9.17) is 19.9 Å². The monoisotopic (exact) mass is 372 g/mol. The first-order valence-corrected chi connectivity index (χ1v) is 8.34. The van der Waals surface area contributed by atoms with Gasteiger partial charge in [-0.3, -0.25) is 4.79 Å². The summed E-state index contributed by atoms with van der Waals surface area (Å²) in [5.41, 5.74) is 4.70. The third kappa shape index (κ3) is 2.56. The number of hydrogen-bond donors (Lipinski definition) is 2. The maximum Gasteiger partial charge on any atom is 0.341 e. The lowest BCUT2D eigenvalue weighted by molar-refractivity contribution is -0.145. The summed E-state index contributed by atoms with van der Waals surface area (Å²) in [7, 11) is 1.18. The van der Waals surface area contributed by atoms with Crippen molar-refractivity contribution in [3.63, 3.8) is 0 Å². The topological polar surface area (TPSA) is 117 Å². The molecule has 2 heterocycles. The Morgan fingerprint density at radius 1 is 1.19 bits per heavy atom. The fourth-order valence-corrected chi connectivity index (χ4v) is 3.52. The van der Waals surface area contributed by atoms with Crippen LogP contribution in [0, 0.1) is 0 Å². The zero-order valence-electron chi connectivity index (χ0n) is 15.4. The average Bonchev–Trinajstić information content (AvgIpc) is 2.86. The van der Waals surface area contributed by atoms with Crippen molar-refractivity contribution in [1.82, 2.24) is 0 Å². The van der Waals surface area contributed by atoms with Crippen molar-refractivity contribution >= 4 is 23.5 Å². The molecule has 0 aliphatic carbocycles. The molecule has 1 aromatic rings. The predicted octanol–water partition coefficient (Wildman–Crippen LogP) is 1.48. The molecule has 27 heavy (non-hydrogen) atoms. The van der Waals surface area contributed by atoms with Crippen LogP contribution in [-0.4, -0.2) is 31.1 Å². The van der Waals surface area contributed by atoms with Crippen LogP contribution in [-0.2, 0) is 34.0 Å². The number of hydrogen-bond acceptors (Lipinski definition) is 7. The van der Waals surface area contributed by atoms with Crippen LogP contribution >= 0.6 is 0 Å². The number of nitrogens with one attached hydrogen (secondary N) is 1. The SMILES string of the molecule is COC(=O)C1=C(C)OC(N)=C(C(=O)OC(C)C)[C@@]12C(=O)Nc1ccccc12. The lowest BCUT2D eigenvalue weighted by Crippen LogP contribution is -2.48. The van der Waals surface area contributed by atoms with E-state index in [1.54, 1.807) is 38.1 Å². The average molecular weight is 372 g/mol. The molecule has 8 heteroatoms. The Kier molecular flexibility index (Phi) is 4.43. The molecule has 0 unspecified atom stereocenters. The first kappa shape index (κ1) is 18.5. The van der Waals surface area contributed by atoms with Gasteiger partial charge >= 0.3 is 11.9 Å². The third-order valence-electron chi connectivity index (χ3n) is 4.47. The number of carbonyl (C=O) groups excluding carboxylic acids is 3. The molecule has 1 atom stereocenters. The normalized spacial score (nSPS) is 21.1. The van der Waals surface area contributed by atoms with E-state index in [0.29, 0.717) is 11.3 Å². The van der Waals surface area contributed by atoms with Crippen LogP contribution < -0.4 is 11.1 Å². The molecule has 0 saturated carbocycles. The van der Waals surface area contributed by atoms with E-state index in [2.05, 4.69) is 5.32 Å². The molecule has 0 radical (unpaired) electrons. The van der Waals surface area contributed by atoms with Crippen LogP contribution in [0.4, 0.5) is 5.69 Å². The van der Waals surface area contributed by atoms with E-state index in [9.17, 15) is 14.4 Å². The number of ether oxygens (including phenoxy) is 3. The van der Waals surface area contributed by atoms with Gasteiger partial charge in [0.25, 0.3) is 0 Å². The third-order valence-corrected chi connectivity index (χ3v) is 4.47. The van der Waals surface area contributed by atoms with Gasteiger partial charge in [-0.1, -0.05) is 18.2 Å². The van der Waals surface area contributed by atoms with Crippen molar-refractivity contribution < 1.29 is 28.6 Å². The number of rotatable bonds is 3. The van der Waals surface area contributed by atoms with Crippen LogP contribution in [0.3, 0.4) is 0 Å². The molecule has 0 bridgehead atoms. The number of methoxy groups -OCH3 is 1. The molecule has 1 spiro atoms. The second-order valence-electron chi connectivity index (χ2n) is 6.47. The number of anilines is 1. The highest BCUT2D eigenvalue weighted by atomic mass is 16.5. The number of carbonyl (C=O) groups is 3. The summed E-state index contributed by atoms with van der Waals surface area (Å²) >= 11 is 0. The zero-order chi connectivity index (χ0) is 19.9. The Bertz CT molecular complexity index is 915. The maximum atomic E-state index is 13.2. The summed E-state index contributed by atoms with van der Waals surface area (Å²) in [6.45, 7) is 4.81. The van der Waals surface area contributed by atoms with Crippen molar-refractivity contribution in [2.45, 2.75) is 32.3 Å². The molecule has 3 rings (SSSR count). The standard InChI is InChI=1S/C19H20N2O6/c1-9(2)26-17(23)14-15(20)27-10(3)13(16(22)25-4)19(14)11-7-5-6-8-12(11)21-18(19)24/h5-9H,20H2,1-4H3,(H,21,24)/t19-/m0/s1. The van der Waals surface area contributed by atoms with E-state index in [1.165, 1.54) is 14.0 Å². The Hall–Kier alpha value is -3.29. The first-order valence-electron chi connectivity index (χ1n) is 8.34. The van der Waals surface area contributed by atoms with Crippen molar-refractivity contribution in [3.05, 3.63) is 52.6 Å². The highest BCUT2D eigenvalue weighted by molar-refractivity contribution is 6.21. The highest BCUT2D eigenvalue weighted by Crippen LogP contribution is 2.52. The van der Waals surface area contributed by atoms with Gasteiger partial charge in [0, 0.05) is 11.3 Å². The predicted molar refractivity (Wildman–Crippen MR) is 95.0 cm³/mol. The molecule has 2 aliphatic heterocycles. The summed E-state index contributed by atoms with van der Waals surface area (Å²) < 4.78 is 15.6. The number of allylic oxidation sites excluding steroid dienone is 1. The molecular weight excluding hydrogens is 352 g/mol. The summed E-state index contributed by atoms with van der Waals surface area (Å²) in [6, 6.07) is 6.74. The number of esters is 2. The Labute approximate surface area is 155 Å². The molecule has 1 amide bonds. The van der Waals surface area contributed by atoms with E-state index >= 15 is 0 Å². The Morgan fingerprint density at radius 3 is 2.48 bits per heavy atom. The molecule has 0 fully saturated rings. The lowest BCUT2D eigenvalue weighted by atomic mass is 9.67. The highest BCUT2D eigenvalue weighted by Gasteiger charge is 2.61. The molecule has 2 aliphatic rings. The van der Waals surface area contributed by atoms with Crippen LogP contribution in [0.5, 0.6) is 0 Å². The van der Waals surface area contributed by atoms with Gasteiger partial charge < -0.3 is 25.3 Å². The smallest absolute Gasteiger partial charge is 0.341 e. The summed E-state index contributed by atoms with van der Waals surface area (Å²) in [5.74, 6) is -2.47. The van der Waals surface area contributed by atoms with Crippen molar-refractivity contribution in [2.24, 2.45) is 5.73 Å². The quantitative estimate of drug-likeness (QED) is 0.772. The number of para-hydroxylation sites is 1. The van der Waals surface area contributed by atoms with Gasteiger partial charge in [0.15, 0.2) is 0 Å². The van der Waals surface area contributed by atoms with Crippen molar-refractivity contribution in [3.8, 4) is 0 Å². The minimum atomic E-state index is -1.82. The molecule has 8 nitrogen and oxygen atoms in total. The number of amides is 1. The van der Waals surface area contributed by atoms with Gasteiger partial charge in [0.1, 0.15) is 22.3 Å². The number of nitrogens with two attached hydrogens (primary N) is 1. The van der Waals surface area contributed by atoms with Gasteiger partial charge in [-0.15, -0.1) is 0 Å². The second kappa shape index (κ2) is 6.46. The van der Waals surface area contributed by atoms with Gasteiger partial charge in [-0.25, -0.2) is 9.59 Å². The lowest BCUT2D eigenvalue weighted by Gasteiger charge is -2.35. The van der Waals surface area contributed by atoms with E-state index in [-0.39, 0.29) is 22.8 Å². The minimum Gasteiger partial charge on any atom is -0.466 e. The fourth-order valence-electron chi connectivity index (χ4n) is 3.52. The van der Waals surface area contributed by atoms with Crippen LogP contribution in [0.25, 0.3) is 0 Å². The zero-order valence-corrected chi connectivity index (χ0v) is 15.4. The summed E-state index contributed by atoms with van der Waals surface area (Å²) in [6.07, 6.45) is -0.469. The molecule has 0 saturated heterocycles. The molecule has 142 valence electrons. The van der Waals surface area contributed by atoms with Crippen LogP contribution in [0.15, 0.2) is 47.1 Å². The van der Waals surface area contributed by atoms with Gasteiger partial charge in [0.2, 0.25) is 11.8 Å². The first-order chi connectivity index (χ1) is 12.7. The largest absolute Gasteiger partial charge is 0.466 e. The maximum absolute atomic E-state index is 13.2. The fraction of sp³-hybridized carbons (Fsp3) is 0.316. The molecular formula is C19H20N2O6.